The highest BCUT2D eigenvalue weighted by Gasteiger charge is 2.13. The third-order valence-electron chi connectivity index (χ3n) is 2.39. The van der Waals surface area contributed by atoms with E-state index in [1.165, 1.54) is 12.1 Å². The van der Waals surface area contributed by atoms with Crippen molar-refractivity contribution in [3.8, 4) is 0 Å². The highest BCUT2D eigenvalue weighted by Crippen LogP contribution is 2.15. The molecule has 96 valence electrons. The first-order valence-corrected chi connectivity index (χ1v) is 7.20. The molecular weight excluding hydrogens is 274 g/mol. The van der Waals surface area contributed by atoms with Crippen LogP contribution in [0.2, 0.25) is 5.02 Å². The van der Waals surface area contributed by atoms with Crippen LogP contribution in [0.5, 0.6) is 0 Å². The molecule has 1 aromatic heterocycles. The first-order chi connectivity index (χ1) is 8.58. The molecule has 0 amide bonds. The van der Waals surface area contributed by atoms with Gasteiger partial charge >= 0.3 is 0 Å². The molecule has 0 unspecified atom stereocenters. The molecule has 0 aliphatic rings. The third-order valence-corrected chi connectivity index (χ3v) is 4.09. The second-order valence-corrected chi connectivity index (χ2v) is 5.94. The SMILES string of the molecule is O=S(=O)(NCCc1ccoc1)c1cccc(Cl)c1. The third kappa shape index (κ3) is 3.35. The summed E-state index contributed by atoms with van der Waals surface area (Å²) in [5.74, 6) is 0. The van der Waals surface area contributed by atoms with Crippen LogP contribution in [-0.4, -0.2) is 15.0 Å². The van der Waals surface area contributed by atoms with Gasteiger partial charge in [0, 0.05) is 11.6 Å². The van der Waals surface area contributed by atoms with Gasteiger partial charge in [-0.15, -0.1) is 0 Å². The minimum absolute atomic E-state index is 0.169. The Balaban J connectivity index is 1.99. The Bertz CT molecular complexity index is 608. The molecule has 0 saturated heterocycles. The summed E-state index contributed by atoms with van der Waals surface area (Å²) in [5.41, 5.74) is 0.948. The smallest absolute Gasteiger partial charge is 0.240 e. The normalized spacial score (nSPS) is 11.6. The van der Waals surface area contributed by atoms with E-state index >= 15 is 0 Å². The summed E-state index contributed by atoms with van der Waals surface area (Å²) in [7, 11) is -3.50. The van der Waals surface area contributed by atoms with Crippen LogP contribution >= 0.6 is 11.6 Å². The molecule has 1 N–H and O–H groups in total. The van der Waals surface area contributed by atoms with Gasteiger partial charge in [0.2, 0.25) is 10.0 Å². The Hall–Kier alpha value is -1.30. The number of sulfonamides is 1. The lowest BCUT2D eigenvalue weighted by Gasteiger charge is -2.06. The van der Waals surface area contributed by atoms with E-state index in [-0.39, 0.29) is 4.90 Å². The Morgan fingerprint density at radius 2 is 2.11 bits per heavy atom. The lowest BCUT2D eigenvalue weighted by molar-refractivity contribution is 0.562. The predicted octanol–water partition coefficient (Wildman–Crippen LogP) is 2.45. The molecule has 0 fully saturated rings. The predicted molar refractivity (Wildman–Crippen MR) is 69.1 cm³/mol. The molecule has 2 aromatic rings. The van der Waals surface area contributed by atoms with Gasteiger partial charge in [-0.25, -0.2) is 13.1 Å². The first-order valence-electron chi connectivity index (χ1n) is 5.34. The van der Waals surface area contributed by atoms with Crippen LogP contribution in [0.15, 0.2) is 52.2 Å². The fourth-order valence-corrected chi connectivity index (χ4v) is 2.81. The van der Waals surface area contributed by atoms with Crippen molar-refractivity contribution in [3.63, 3.8) is 0 Å². The minimum atomic E-state index is -3.50. The molecule has 0 aliphatic heterocycles. The lowest BCUT2D eigenvalue weighted by atomic mass is 10.2. The fraction of sp³-hybridized carbons (Fsp3) is 0.167. The number of furan rings is 1. The van der Waals surface area contributed by atoms with Crippen LogP contribution < -0.4 is 4.72 Å². The molecule has 1 heterocycles. The molecule has 0 saturated carbocycles. The Kier molecular flexibility index (Phi) is 4.06. The Labute approximate surface area is 111 Å². The monoisotopic (exact) mass is 285 g/mol. The van der Waals surface area contributed by atoms with Crippen LogP contribution in [-0.2, 0) is 16.4 Å². The van der Waals surface area contributed by atoms with Gasteiger partial charge in [0.25, 0.3) is 0 Å². The van der Waals surface area contributed by atoms with E-state index in [9.17, 15) is 8.42 Å². The highest BCUT2D eigenvalue weighted by atomic mass is 35.5. The molecule has 0 bridgehead atoms. The number of nitrogens with one attached hydrogen (secondary N) is 1. The van der Waals surface area contributed by atoms with E-state index in [4.69, 9.17) is 16.0 Å². The number of benzene rings is 1. The van der Waals surface area contributed by atoms with Crippen LogP contribution in [0.25, 0.3) is 0 Å². The maximum absolute atomic E-state index is 11.9. The molecule has 6 heteroatoms. The van der Waals surface area contributed by atoms with Crippen LogP contribution in [0.3, 0.4) is 0 Å². The van der Waals surface area contributed by atoms with E-state index in [1.54, 1.807) is 30.7 Å². The minimum Gasteiger partial charge on any atom is -0.472 e. The van der Waals surface area contributed by atoms with E-state index < -0.39 is 10.0 Å². The van der Waals surface area contributed by atoms with Crippen molar-refractivity contribution in [2.45, 2.75) is 11.3 Å². The summed E-state index contributed by atoms with van der Waals surface area (Å²) in [5, 5.41) is 0.396. The molecule has 0 radical (unpaired) electrons. The standard InChI is InChI=1S/C12H12ClNO3S/c13-11-2-1-3-12(8-11)18(15,16)14-6-4-10-5-7-17-9-10/h1-3,5,7-9,14H,4,6H2. The van der Waals surface area contributed by atoms with Gasteiger partial charge in [-0.2, -0.15) is 0 Å². The van der Waals surface area contributed by atoms with Gasteiger partial charge in [0.05, 0.1) is 17.4 Å². The zero-order chi connectivity index (χ0) is 13.0. The number of halogens is 1. The van der Waals surface area contributed by atoms with Gasteiger partial charge in [0.15, 0.2) is 0 Å². The summed E-state index contributed by atoms with van der Waals surface area (Å²) >= 11 is 5.76. The summed E-state index contributed by atoms with van der Waals surface area (Å²) in [6, 6.07) is 7.96. The average molecular weight is 286 g/mol. The topological polar surface area (TPSA) is 59.3 Å². The second kappa shape index (κ2) is 5.56. The van der Waals surface area contributed by atoms with Crippen molar-refractivity contribution in [3.05, 3.63) is 53.4 Å². The number of rotatable bonds is 5. The maximum Gasteiger partial charge on any atom is 0.240 e. The summed E-state index contributed by atoms with van der Waals surface area (Å²) < 4.78 is 31.3. The summed E-state index contributed by atoms with van der Waals surface area (Å²) in [6.07, 6.45) is 3.73. The van der Waals surface area contributed by atoms with Crippen LogP contribution in [0, 0.1) is 0 Å². The fourth-order valence-electron chi connectivity index (χ4n) is 1.48. The summed E-state index contributed by atoms with van der Waals surface area (Å²) in [4.78, 5) is 0.169. The van der Waals surface area contributed by atoms with Gasteiger partial charge in [-0.1, -0.05) is 17.7 Å². The second-order valence-electron chi connectivity index (χ2n) is 3.74. The van der Waals surface area contributed by atoms with Gasteiger partial charge in [0.1, 0.15) is 0 Å². The maximum atomic E-state index is 11.9. The molecule has 0 atom stereocenters. The molecule has 18 heavy (non-hydrogen) atoms. The lowest BCUT2D eigenvalue weighted by Crippen LogP contribution is -2.25. The zero-order valence-electron chi connectivity index (χ0n) is 9.47. The van der Waals surface area contributed by atoms with Gasteiger partial charge in [-0.3, -0.25) is 0 Å². The Morgan fingerprint density at radius 1 is 1.28 bits per heavy atom. The van der Waals surface area contributed by atoms with Crippen molar-refractivity contribution in [2.75, 3.05) is 6.54 Å². The van der Waals surface area contributed by atoms with Crippen molar-refractivity contribution in [1.29, 1.82) is 0 Å². The summed E-state index contributed by atoms with van der Waals surface area (Å²) in [6.45, 7) is 0.314. The molecule has 0 aliphatic carbocycles. The van der Waals surface area contributed by atoms with E-state index in [0.29, 0.717) is 18.0 Å². The number of hydrogen-bond acceptors (Lipinski definition) is 3. The van der Waals surface area contributed by atoms with E-state index in [0.717, 1.165) is 5.56 Å². The molecular formula is C12H12ClNO3S. The van der Waals surface area contributed by atoms with Crippen molar-refractivity contribution in [2.24, 2.45) is 0 Å². The molecule has 4 nitrogen and oxygen atoms in total. The average Bonchev–Trinajstić information content (AvgIpc) is 2.82. The molecule has 2 rings (SSSR count). The van der Waals surface area contributed by atoms with Crippen LogP contribution in [0.1, 0.15) is 5.56 Å². The van der Waals surface area contributed by atoms with Crippen molar-refractivity contribution >= 4 is 21.6 Å². The van der Waals surface area contributed by atoms with Gasteiger partial charge in [-0.05, 0) is 36.2 Å². The zero-order valence-corrected chi connectivity index (χ0v) is 11.0. The Morgan fingerprint density at radius 3 is 2.78 bits per heavy atom. The van der Waals surface area contributed by atoms with E-state index in [1.807, 2.05) is 0 Å². The van der Waals surface area contributed by atoms with Gasteiger partial charge < -0.3 is 4.42 Å². The van der Waals surface area contributed by atoms with Crippen molar-refractivity contribution in [1.82, 2.24) is 4.72 Å². The van der Waals surface area contributed by atoms with Crippen molar-refractivity contribution < 1.29 is 12.8 Å². The molecule has 0 spiro atoms. The first kappa shape index (κ1) is 13.1. The van der Waals surface area contributed by atoms with Crippen LogP contribution in [0.4, 0.5) is 0 Å². The molecule has 1 aromatic carbocycles. The largest absolute Gasteiger partial charge is 0.472 e. The quantitative estimate of drug-likeness (QED) is 0.918. The van der Waals surface area contributed by atoms with E-state index in [2.05, 4.69) is 4.72 Å². The highest BCUT2D eigenvalue weighted by molar-refractivity contribution is 7.89. The number of hydrogen-bond donors (Lipinski definition) is 1.